The van der Waals surface area contributed by atoms with Crippen molar-refractivity contribution < 1.29 is 14.7 Å². The number of rotatable bonds is 3. The van der Waals surface area contributed by atoms with Crippen LogP contribution in [0.1, 0.15) is 34.1 Å². The predicted molar refractivity (Wildman–Crippen MR) is 140 cm³/mol. The number of pyridine rings is 1. The number of nitrogens with zero attached hydrogens (tertiary/aromatic N) is 4. The largest absolute Gasteiger partial charge is 0.505 e. The number of ketones is 1. The second-order valence-corrected chi connectivity index (χ2v) is 9.99. The number of anilines is 1. The molecule has 0 spiro atoms. The molecule has 8 heteroatoms. The summed E-state index contributed by atoms with van der Waals surface area (Å²) in [6, 6.07) is 18.1. The number of carbonyl (C=O) groups is 2. The van der Waals surface area contributed by atoms with E-state index >= 15 is 0 Å². The van der Waals surface area contributed by atoms with Gasteiger partial charge in [-0.3, -0.25) is 14.5 Å². The van der Waals surface area contributed by atoms with Crippen molar-refractivity contribution in [2.75, 3.05) is 4.90 Å². The fourth-order valence-electron chi connectivity index (χ4n) is 4.78. The number of amides is 1. The summed E-state index contributed by atoms with van der Waals surface area (Å²) in [5.74, 6) is -1.77. The number of aromatic nitrogens is 3. The third kappa shape index (κ3) is 3.25. The zero-order valence-electron chi connectivity index (χ0n) is 19.9. The number of aliphatic hydroxyl groups excluding tert-OH is 1. The number of hydrogen-bond acceptors (Lipinski definition) is 6. The highest BCUT2D eigenvalue weighted by molar-refractivity contribution is 7.22. The van der Waals surface area contributed by atoms with Gasteiger partial charge in [0, 0.05) is 6.20 Å². The summed E-state index contributed by atoms with van der Waals surface area (Å²) >= 11 is 1.35. The maximum Gasteiger partial charge on any atom is 0.301 e. The lowest BCUT2D eigenvalue weighted by molar-refractivity contribution is -0.132. The Balaban J connectivity index is 1.59. The van der Waals surface area contributed by atoms with Gasteiger partial charge < -0.3 is 9.51 Å². The van der Waals surface area contributed by atoms with E-state index < -0.39 is 17.7 Å². The first-order chi connectivity index (χ1) is 17.3. The Hall–Kier alpha value is -4.30. The average Bonchev–Trinajstić information content (AvgIpc) is 3.52. The van der Waals surface area contributed by atoms with E-state index in [9.17, 15) is 14.7 Å². The van der Waals surface area contributed by atoms with Crippen molar-refractivity contribution in [2.45, 2.75) is 26.8 Å². The highest BCUT2D eigenvalue weighted by Gasteiger charge is 2.48. The number of carbonyl (C=O) groups excluding carboxylic acids is 2. The molecule has 1 amide bonds. The molecular weight excluding hydrogens is 472 g/mol. The van der Waals surface area contributed by atoms with E-state index in [2.05, 4.69) is 9.97 Å². The molecule has 1 unspecified atom stereocenters. The van der Waals surface area contributed by atoms with Crippen molar-refractivity contribution in [3.8, 4) is 0 Å². The minimum Gasteiger partial charge on any atom is -0.505 e. The third-order valence-corrected chi connectivity index (χ3v) is 7.62. The normalized spacial score (nSPS) is 17.5. The second-order valence-electron chi connectivity index (χ2n) is 8.98. The molecule has 1 aliphatic heterocycles. The monoisotopic (exact) mass is 494 g/mol. The van der Waals surface area contributed by atoms with Crippen LogP contribution < -0.4 is 4.90 Å². The van der Waals surface area contributed by atoms with Gasteiger partial charge in [0.05, 0.1) is 27.5 Å². The van der Waals surface area contributed by atoms with Gasteiger partial charge in [-0.1, -0.05) is 53.8 Å². The van der Waals surface area contributed by atoms with Crippen molar-refractivity contribution in [1.82, 2.24) is 14.4 Å². The average molecular weight is 495 g/mol. The summed E-state index contributed by atoms with van der Waals surface area (Å²) in [6.07, 6.45) is 1.86. The number of thiazole rings is 1. The molecule has 3 aromatic heterocycles. The van der Waals surface area contributed by atoms with E-state index in [0.717, 1.165) is 21.3 Å². The molecule has 1 aliphatic rings. The standard InChI is InChI=1S/C28H22N4O3S/c1-15-11-12-19-20(14-15)36-28(29-19)32-23(18-9-5-4-6-10-18)21(25(34)27(32)35)24(33)22-17(3)31-13-7-8-16(2)26(31)30-22/h4-14,23,33H,1-3H3/b24-21+. The Morgan fingerprint density at radius 2 is 1.75 bits per heavy atom. The summed E-state index contributed by atoms with van der Waals surface area (Å²) in [5, 5.41) is 12.0. The van der Waals surface area contributed by atoms with Crippen LogP contribution in [0.5, 0.6) is 0 Å². The third-order valence-electron chi connectivity index (χ3n) is 6.61. The number of benzene rings is 2. The number of imidazole rings is 1. The van der Waals surface area contributed by atoms with E-state index in [0.29, 0.717) is 22.0 Å². The number of aliphatic hydroxyl groups is 1. The fourth-order valence-corrected chi connectivity index (χ4v) is 5.87. The van der Waals surface area contributed by atoms with Crippen LogP contribution in [-0.4, -0.2) is 31.2 Å². The molecule has 1 atom stereocenters. The number of Topliss-reactive ketones (excluding diaryl/α,β-unsaturated/α-hetero) is 1. The van der Waals surface area contributed by atoms with Gasteiger partial charge in [0.1, 0.15) is 11.3 Å². The molecule has 1 N–H and O–H groups in total. The molecule has 4 heterocycles. The maximum atomic E-state index is 13.5. The molecule has 0 saturated carbocycles. The summed E-state index contributed by atoms with van der Waals surface area (Å²) < 4.78 is 2.79. The van der Waals surface area contributed by atoms with Crippen molar-refractivity contribution in [3.05, 3.63) is 101 Å². The first kappa shape index (κ1) is 22.2. The molecule has 178 valence electrons. The highest BCUT2D eigenvalue weighted by Crippen LogP contribution is 2.44. The summed E-state index contributed by atoms with van der Waals surface area (Å²) in [5.41, 5.74) is 5.12. The van der Waals surface area contributed by atoms with Crippen LogP contribution in [0.4, 0.5) is 5.13 Å². The first-order valence-corrected chi connectivity index (χ1v) is 12.3. The zero-order chi connectivity index (χ0) is 25.1. The van der Waals surface area contributed by atoms with Crippen LogP contribution in [0.3, 0.4) is 0 Å². The molecular formula is C28H22N4O3S. The van der Waals surface area contributed by atoms with Crippen molar-refractivity contribution in [1.29, 1.82) is 0 Å². The van der Waals surface area contributed by atoms with Crippen LogP contribution in [-0.2, 0) is 9.59 Å². The molecule has 0 aliphatic carbocycles. The van der Waals surface area contributed by atoms with E-state index in [1.54, 1.807) is 0 Å². The zero-order valence-corrected chi connectivity index (χ0v) is 20.7. The van der Waals surface area contributed by atoms with Crippen LogP contribution in [0.2, 0.25) is 0 Å². The Morgan fingerprint density at radius 1 is 0.972 bits per heavy atom. The Kier molecular flexibility index (Phi) is 5.01. The molecule has 7 nitrogen and oxygen atoms in total. The van der Waals surface area contributed by atoms with Gasteiger partial charge in [-0.2, -0.15) is 0 Å². The van der Waals surface area contributed by atoms with Crippen molar-refractivity contribution >= 4 is 49.8 Å². The lowest BCUT2D eigenvalue weighted by Gasteiger charge is -2.22. The highest BCUT2D eigenvalue weighted by atomic mass is 32.1. The topological polar surface area (TPSA) is 87.8 Å². The lowest BCUT2D eigenvalue weighted by Crippen LogP contribution is -2.29. The number of fused-ring (bicyclic) bond motifs is 2. The van der Waals surface area contributed by atoms with Gasteiger partial charge in [0.25, 0.3) is 5.78 Å². The van der Waals surface area contributed by atoms with Crippen LogP contribution in [0, 0.1) is 20.8 Å². The van der Waals surface area contributed by atoms with Gasteiger partial charge >= 0.3 is 5.91 Å². The molecule has 36 heavy (non-hydrogen) atoms. The first-order valence-electron chi connectivity index (χ1n) is 11.5. The van der Waals surface area contributed by atoms with Gasteiger partial charge in [-0.15, -0.1) is 0 Å². The maximum absolute atomic E-state index is 13.5. The van der Waals surface area contributed by atoms with Gasteiger partial charge in [-0.25, -0.2) is 9.97 Å². The minimum atomic E-state index is -0.835. The summed E-state index contributed by atoms with van der Waals surface area (Å²) in [6.45, 7) is 5.76. The van der Waals surface area contributed by atoms with Gasteiger partial charge in [-0.05, 0) is 55.7 Å². The van der Waals surface area contributed by atoms with Crippen LogP contribution in [0.15, 0.2) is 72.4 Å². The van der Waals surface area contributed by atoms with Gasteiger partial charge in [0.15, 0.2) is 10.9 Å². The van der Waals surface area contributed by atoms with E-state index in [-0.39, 0.29) is 17.0 Å². The van der Waals surface area contributed by atoms with E-state index in [1.165, 1.54) is 16.2 Å². The molecule has 5 aromatic rings. The van der Waals surface area contributed by atoms with Crippen molar-refractivity contribution in [2.24, 2.45) is 0 Å². The molecule has 6 rings (SSSR count). The van der Waals surface area contributed by atoms with E-state index in [4.69, 9.17) is 0 Å². The van der Waals surface area contributed by atoms with E-state index in [1.807, 2.05) is 92.0 Å². The molecule has 0 radical (unpaired) electrons. The summed E-state index contributed by atoms with van der Waals surface area (Å²) in [4.78, 5) is 37.7. The predicted octanol–water partition coefficient (Wildman–Crippen LogP) is 5.50. The number of hydrogen-bond donors (Lipinski definition) is 1. The molecule has 0 bridgehead atoms. The van der Waals surface area contributed by atoms with Crippen LogP contribution >= 0.6 is 11.3 Å². The van der Waals surface area contributed by atoms with Crippen LogP contribution in [0.25, 0.3) is 21.6 Å². The number of aryl methyl sites for hydroxylation is 3. The molecule has 1 fully saturated rings. The molecule has 1 saturated heterocycles. The Labute approximate surface area is 211 Å². The Bertz CT molecular complexity index is 1730. The lowest BCUT2D eigenvalue weighted by atomic mass is 9.96. The quantitative estimate of drug-likeness (QED) is 0.203. The van der Waals surface area contributed by atoms with Crippen molar-refractivity contribution in [3.63, 3.8) is 0 Å². The minimum absolute atomic E-state index is 0.00537. The summed E-state index contributed by atoms with van der Waals surface area (Å²) in [7, 11) is 0. The Morgan fingerprint density at radius 3 is 2.50 bits per heavy atom. The molecule has 2 aromatic carbocycles. The second kappa shape index (κ2) is 8.13. The fraction of sp³-hybridized carbons (Fsp3) is 0.143. The van der Waals surface area contributed by atoms with Gasteiger partial charge in [0.2, 0.25) is 0 Å². The SMILES string of the molecule is Cc1ccc2nc(N3C(=O)C(=O)/C(=C(/O)c4nc5c(C)cccn5c4C)C3c3ccccc3)sc2c1. The smallest absolute Gasteiger partial charge is 0.301 e.